The minimum absolute atomic E-state index is 0.0303. The van der Waals surface area contributed by atoms with E-state index in [1.54, 1.807) is 18.2 Å². The fourth-order valence-electron chi connectivity index (χ4n) is 4.25. The van der Waals surface area contributed by atoms with Crippen molar-refractivity contribution in [1.29, 1.82) is 0 Å². The fourth-order valence-corrected chi connectivity index (χ4v) is 4.25. The normalized spacial score (nSPS) is 26.9. The maximum absolute atomic E-state index is 13.0. The Morgan fingerprint density at radius 1 is 1.21 bits per heavy atom. The highest BCUT2D eigenvalue weighted by molar-refractivity contribution is 6.00. The zero-order chi connectivity index (χ0) is 16.7. The van der Waals surface area contributed by atoms with E-state index in [1.807, 2.05) is 4.90 Å². The zero-order valence-electron chi connectivity index (χ0n) is 14.0. The highest BCUT2D eigenvalue weighted by Gasteiger charge is 2.38. The summed E-state index contributed by atoms with van der Waals surface area (Å²) in [7, 11) is 2.16. The number of hydrogen-bond donors (Lipinski definition) is 1. The molecular weight excluding hydrogens is 306 g/mol. The molecule has 0 unspecified atom stereocenters. The number of ether oxygens (including phenoxy) is 1. The van der Waals surface area contributed by atoms with Crippen LogP contribution in [0.3, 0.4) is 0 Å². The van der Waals surface area contributed by atoms with Crippen molar-refractivity contribution in [3.8, 4) is 5.75 Å². The van der Waals surface area contributed by atoms with Crippen LogP contribution in [-0.2, 0) is 4.79 Å². The summed E-state index contributed by atoms with van der Waals surface area (Å²) in [6.07, 6.45) is 4.51. The molecule has 0 bridgehead atoms. The molecule has 1 aromatic rings. The van der Waals surface area contributed by atoms with E-state index in [9.17, 15) is 9.59 Å². The number of benzene rings is 1. The zero-order valence-corrected chi connectivity index (χ0v) is 14.0. The topological polar surface area (TPSA) is 61.9 Å². The molecule has 1 aromatic carbocycles. The number of carbonyl (C=O) groups excluding carboxylic acids is 2. The molecule has 3 aliphatic rings. The van der Waals surface area contributed by atoms with E-state index < -0.39 is 0 Å². The predicted molar refractivity (Wildman–Crippen MR) is 90.3 cm³/mol. The minimum atomic E-state index is -0.182. The number of nitrogens with zero attached hydrogens (tertiary/aromatic N) is 2. The monoisotopic (exact) mass is 329 g/mol. The first kappa shape index (κ1) is 15.4. The van der Waals surface area contributed by atoms with Gasteiger partial charge in [0.15, 0.2) is 6.61 Å². The Labute approximate surface area is 141 Å². The Morgan fingerprint density at radius 3 is 2.79 bits per heavy atom. The number of fused-ring (bicyclic) bond motifs is 1. The number of likely N-dealkylation sites (tertiary alicyclic amines) is 2. The van der Waals surface area contributed by atoms with Crippen LogP contribution < -0.4 is 10.1 Å². The SMILES string of the molecule is CN1CCC[C@H]1[C@@H]1CCCN1C(=O)c1ccc2c(c1)NC(=O)CO2. The van der Waals surface area contributed by atoms with E-state index in [1.165, 1.54) is 12.8 Å². The number of rotatable bonds is 2. The highest BCUT2D eigenvalue weighted by atomic mass is 16.5. The Kier molecular flexibility index (Phi) is 3.92. The number of likely N-dealkylation sites (N-methyl/N-ethyl adjacent to an activating group) is 1. The summed E-state index contributed by atoms with van der Waals surface area (Å²) < 4.78 is 5.37. The molecule has 3 aliphatic heterocycles. The molecule has 2 amide bonds. The molecule has 2 saturated heterocycles. The van der Waals surface area contributed by atoms with Gasteiger partial charge in [-0.05, 0) is 57.5 Å². The number of anilines is 1. The van der Waals surface area contributed by atoms with E-state index in [4.69, 9.17) is 4.74 Å². The molecule has 128 valence electrons. The molecule has 6 nitrogen and oxygen atoms in total. The van der Waals surface area contributed by atoms with Crippen molar-refractivity contribution in [3.05, 3.63) is 23.8 Å². The van der Waals surface area contributed by atoms with Gasteiger partial charge in [-0.2, -0.15) is 0 Å². The lowest BCUT2D eigenvalue weighted by Crippen LogP contribution is -2.47. The minimum Gasteiger partial charge on any atom is -0.482 e. The van der Waals surface area contributed by atoms with Crippen molar-refractivity contribution in [2.45, 2.75) is 37.8 Å². The van der Waals surface area contributed by atoms with Crippen LogP contribution >= 0.6 is 0 Å². The van der Waals surface area contributed by atoms with Crippen molar-refractivity contribution in [3.63, 3.8) is 0 Å². The number of hydrogen-bond acceptors (Lipinski definition) is 4. The summed E-state index contributed by atoms with van der Waals surface area (Å²) in [5.74, 6) is 0.499. The van der Waals surface area contributed by atoms with E-state index in [0.717, 1.165) is 25.9 Å². The van der Waals surface area contributed by atoms with Crippen molar-refractivity contribution < 1.29 is 14.3 Å². The second-order valence-electron chi connectivity index (χ2n) is 6.95. The number of carbonyl (C=O) groups is 2. The second kappa shape index (κ2) is 6.09. The number of nitrogens with one attached hydrogen (secondary N) is 1. The van der Waals surface area contributed by atoms with Gasteiger partial charge in [-0.15, -0.1) is 0 Å². The molecule has 24 heavy (non-hydrogen) atoms. The summed E-state index contributed by atoms with van der Waals surface area (Å²) >= 11 is 0. The third-order valence-electron chi connectivity index (χ3n) is 5.44. The van der Waals surface area contributed by atoms with Crippen LogP contribution in [0.2, 0.25) is 0 Å². The van der Waals surface area contributed by atoms with Crippen LogP contribution in [0.25, 0.3) is 0 Å². The Balaban J connectivity index is 1.56. The molecule has 4 rings (SSSR count). The fraction of sp³-hybridized carbons (Fsp3) is 0.556. The van der Waals surface area contributed by atoms with Gasteiger partial charge in [-0.3, -0.25) is 9.59 Å². The van der Waals surface area contributed by atoms with E-state index in [-0.39, 0.29) is 18.4 Å². The van der Waals surface area contributed by atoms with Gasteiger partial charge in [0.2, 0.25) is 0 Å². The first-order valence-electron chi connectivity index (χ1n) is 8.71. The van der Waals surface area contributed by atoms with Crippen LogP contribution in [-0.4, -0.2) is 60.4 Å². The molecule has 3 heterocycles. The van der Waals surface area contributed by atoms with Crippen LogP contribution in [0.1, 0.15) is 36.0 Å². The third-order valence-corrected chi connectivity index (χ3v) is 5.44. The summed E-state index contributed by atoms with van der Waals surface area (Å²) in [4.78, 5) is 28.9. The smallest absolute Gasteiger partial charge is 0.262 e. The van der Waals surface area contributed by atoms with Crippen LogP contribution in [0.15, 0.2) is 18.2 Å². The average Bonchev–Trinajstić information content (AvgIpc) is 3.21. The van der Waals surface area contributed by atoms with E-state index in [2.05, 4.69) is 17.3 Å². The first-order chi connectivity index (χ1) is 11.6. The molecular formula is C18H23N3O3. The molecule has 0 radical (unpaired) electrons. The lowest BCUT2D eigenvalue weighted by Gasteiger charge is -2.33. The van der Waals surface area contributed by atoms with Gasteiger partial charge in [0, 0.05) is 24.2 Å². The van der Waals surface area contributed by atoms with E-state index in [0.29, 0.717) is 29.1 Å². The maximum atomic E-state index is 13.0. The summed E-state index contributed by atoms with van der Waals surface area (Å²) in [6.45, 7) is 1.96. The van der Waals surface area contributed by atoms with Gasteiger partial charge in [0.05, 0.1) is 5.69 Å². The number of amides is 2. The second-order valence-corrected chi connectivity index (χ2v) is 6.95. The molecule has 2 atom stereocenters. The largest absolute Gasteiger partial charge is 0.482 e. The van der Waals surface area contributed by atoms with Gasteiger partial charge >= 0.3 is 0 Å². The molecule has 2 fully saturated rings. The lowest BCUT2D eigenvalue weighted by molar-refractivity contribution is -0.118. The van der Waals surface area contributed by atoms with Crippen molar-refractivity contribution in [2.75, 3.05) is 32.1 Å². The summed E-state index contributed by atoms with van der Waals surface area (Å²) in [5.41, 5.74) is 1.21. The predicted octanol–water partition coefficient (Wildman–Crippen LogP) is 1.72. The third kappa shape index (κ3) is 2.65. The van der Waals surface area contributed by atoms with Crippen LogP contribution in [0.5, 0.6) is 5.75 Å². The van der Waals surface area contributed by atoms with Crippen LogP contribution in [0.4, 0.5) is 5.69 Å². The van der Waals surface area contributed by atoms with Gasteiger partial charge in [0.25, 0.3) is 11.8 Å². The molecule has 0 saturated carbocycles. The van der Waals surface area contributed by atoms with Crippen LogP contribution in [0, 0.1) is 0 Å². The average molecular weight is 329 g/mol. The van der Waals surface area contributed by atoms with Gasteiger partial charge in [0.1, 0.15) is 5.75 Å². The van der Waals surface area contributed by atoms with Crippen molar-refractivity contribution in [2.24, 2.45) is 0 Å². The quantitative estimate of drug-likeness (QED) is 0.897. The van der Waals surface area contributed by atoms with Crippen molar-refractivity contribution >= 4 is 17.5 Å². The van der Waals surface area contributed by atoms with E-state index >= 15 is 0 Å². The maximum Gasteiger partial charge on any atom is 0.262 e. The lowest BCUT2D eigenvalue weighted by atomic mass is 10.0. The standard InChI is InChI=1S/C18H23N3O3/c1-20-8-2-4-14(20)15-5-3-9-21(15)18(23)12-6-7-16-13(10-12)19-17(22)11-24-16/h6-7,10,14-15H,2-5,8-9,11H2,1H3,(H,19,22)/t14-,15-/m0/s1. The first-order valence-corrected chi connectivity index (χ1v) is 8.71. The van der Waals surface area contributed by atoms with Crippen molar-refractivity contribution in [1.82, 2.24) is 9.80 Å². The molecule has 0 aliphatic carbocycles. The van der Waals surface area contributed by atoms with Gasteiger partial charge in [-0.25, -0.2) is 0 Å². The Bertz CT molecular complexity index is 675. The molecule has 0 spiro atoms. The molecule has 1 N–H and O–H groups in total. The molecule has 6 heteroatoms. The summed E-state index contributed by atoms with van der Waals surface area (Å²) in [6, 6.07) is 6.08. The van der Waals surface area contributed by atoms with Gasteiger partial charge in [-0.1, -0.05) is 0 Å². The Morgan fingerprint density at radius 2 is 2.00 bits per heavy atom. The Hall–Kier alpha value is -2.08. The highest BCUT2D eigenvalue weighted by Crippen LogP contribution is 2.32. The summed E-state index contributed by atoms with van der Waals surface area (Å²) in [5, 5.41) is 2.78. The molecule has 0 aromatic heterocycles. The van der Waals surface area contributed by atoms with Gasteiger partial charge < -0.3 is 19.9 Å².